The Labute approximate surface area is 89.1 Å². The first-order valence-electron chi connectivity index (χ1n) is 5.25. The van der Waals surface area contributed by atoms with Gasteiger partial charge in [0.25, 0.3) is 0 Å². The molecule has 1 aromatic rings. The lowest BCUT2D eigenvalue weighted by Crippen LogP contribution is -2.06. The number of halogens is 1. The number of nitrogens with one attached hydrogen (secondary N) is 1. The number of hydrogen-bond donors (Lipinski definition) is 2. The van der Waals surface area contributed by atoms with E-state index in [-0.39, 0.29) is 0 Å². The lowest BCUT2D eigenvalue weighted by Gasteiger charge is -2.20. The molecule has 4 heteroatoms. The molecule has 3 N–H and O–H groups in total. The van der Waals surface area contributed by atoms with Crippen molar-refractivity contribution in [3.63, 3.8) is 0 Å². The Balaban J connectivity index is 2.17. The van der Waals surface area contributed by atoms with Crippen molar-refractivity contribution < 1.29 is 0 Å². The highest BCUT2D eigenvalue weighted by molar-refractivity contribution is 6.30. The van der Waals surface area contributed by atoms with E-state index in [1.165, 1.54) is 32.1 Å². The molecule has 1 aliphatic rings. The molecule has 0 unspecified atom stereocenters. The number of hydrogen-bond acceptors (Lipinski definition) is 2. The lowest BCUT2D eigenvalue weighted by molar-refractivity contribution is 0.437. The van der Waals surface area contributed by atoms with Crippen LogP contribution < -0.4 is 5.73 Å². The summed E-state index contributed by atoms with van der Waals surface area (Å²) in [6.07, 6.45) is 6.42. The SMILES string of the molecule is NCc1nc(Cl)c(C2CCCCC2)[nH]1. The maximum absolute atomic E-state index is 6.06. The molecule has 0 aromatic carbocycles. The molecule has 3 nitrogen and oxygen atoms in total. The van der Waals surface area contributed by atoms with Crippen LogP contribution in [-0.4, -0.2) is 9.97 Å². The van der Waals surface area contributed by atoms with E-state index < -0.39 is 0 Å². The number of rotatable bonds is 2. The quantitative estimate of drug-likeness (QED) is 0.794. The predicted molar refractivity (Wildman–Crippen MR) is 57.3 cm³/mol. The average molecular weight is 214 g/mol. The summed E-state index contributed by atoms with van der Waals surface area (Å²) in [5.74, 6) is 1.37. The number of imidazole rings is 1. The van der Waals surface area contributed by atoms with E-state index in [2.05, 4.69) is 9.97 Å². The number of H-pyrrole nitrogens is 1. The molecule has 1 aliphatic carbocycles. The number of aromatic nitrogens is 2. The fourth-order valence-corrected chi connectivity index (χ4v) is 2.48. The van der Waals surface area contributed by atoms with Gasteiger partial charge in [-0.05, 0) is 12.8 Å². The van der Waals surface area contributed by atoms with Crippen LogP contribution in [0.15, 0.2) is 0 Å². The first kappa shape index (κ1) is 9.99. The van der Waals surface area contributed by atoms with Crippen LogP contribution in [0.3, 0.4) is 0 Å². The van der Waals surface area contributed by atoms with E-state index in [4.69, 9.17) is 17.3 Å². The van der Waals surface area contributed by atoms with Crippen LogP contribution in [-0.2, 0) is 6.54 Å². The van der Waals surface area contributed by atoms with Gasteiger partial charge in [-0.2, -0.15) is 0 Å². The second-order valence-corrected chi connectivity index (χ2v) is 4.29. The van der Waals surface area contributed by atoms with E-state index >= 15 is 0 Å². The second-order valence-electron chi connectivity index (χ2n) is 3.93. The molecule has 1 heterocycles. The van der Waals surface area contributed by atoms with Gasteiger partial charge < -0.3 is 10.7 Å². The molecule has 1 saturated carbocycles. The summed E-state index contributed by atoms with van der Waals surface area (Å²) in [7, 11) is 0. The minimum atomic E-state index is 0.437. The van der Waals surface area contributed by atoms with Crippen LogP contribution >= 0.6 is 11.6 Å². The molecule has 0 spiro atoms. The Kier molecular flexibility index (Phi) is 3.08. The lowest BCUT2D eigenvalue weighted by atomic mass is 9.87. The third kappa shape index (κ3) is 1.93. The van der Waals surface area contributed by atoms with Crippen LogP contribution in [0.1, 0.15) is 49.5 Å². The monoisotopic (exact) mass is 213 g/mol. The van der Waals surface area contributed by atoms with Crippen molar-refractivity contribution in [2.75, 3.05) is 0 Å². The Morgan fingerprint density at radius 3 is 2.64 bits per heavy atom. The molecule has 0 atom stereocenters. The normalized spacial score (nSPS) is 18.7. The van der Waals surface area contributed by atoms with Gasteiger partial charge in [0.05, 0.1) is 12.2 Å². The first-order valence-corrected chi connectivity index (χ1v) is 5.63. The van der Waals surface area contributed by atoms with Crippen LogP contribution in [0.4, 0.5) is 0 Å². The van der Waals surface area contributed by atoms with E-state index in [1.54, 1.807) is 0 Å². The predicted octanol–water partition coefficient (Wildman–Crippen LogP) is 2.57. The molecular formula is C10H16ClN3. The fraction of sp³-hybridized carbons (Fsp3) is 0.700. The molecule has 1 fully saturated rings. The van der Waals surface area contributed by atoms with E-state index in [0.29, 0.717) is 17.6 Å². The first-order chi connectivity index (χ1) is 6.81. The molecule has 0 aliphatic heterocycles. The molecule has 0 amide bonds. The highest BCUT2D eigenvalue weighted by atomic mass is 35.5. The number of nitrogens with two attached hydrogens (primary N) is 1. The summed E-state index contributed by atoms with van der Waals surface area (Å²) in [6.45, 7) is 0.437. The summed E-state index contributed by atoms with van der Waals surface area (Å²) in [6, 6.07) is 0. The highest BCUT2D eigenvalue weighted by Crippen LogP contribution is 2.34. The maximum Gasteiger partial charge on any atom is 0.150 e. The van der Waals surface area contributed by atoms with Crippen molar-refractivity contribution in [1.82, 2.24) is 9.97 Å². The van der Waals surface area contributed by atoms with Crippen molar-refractivity contribution in [2.24, 2.45) is 5.73 Å². The van der Waals surface area contributed by atoms with Crippen LogP contribution in [0, 0.1) is 0 Å². The largest absolute Gasteiger partial charge is 0.343 e. The number of aromatic amines is 1. The van der Waals surface area contributed by atoms with Gasteiger partial charge in [0, 0.05) is 5.92 Å². The van der Waals surface area contributed by atoms with Crippen molar-refractivity contribution >= 4 is 11.6 Å². The van der Waals surface area contributed by atoms with Crippen molar-refractivity contribution in [3.05, 3.63) is 16.7 Å². The van der Waals surface area contributed by atoms with Crippen molar-refractivity contribution in [3.8, 4) is 0 Å². The summed E-state index contributed by atoms with van der Waals surface area (Å²) in [4.78, 5) is 7.42. The van der Waals surface area contributed by atoms with Gasteiger partial charge in [0.15, 0.2) is 5.15 Å². The van der Waals surface area contributed by atoms with Gasteiger partial charge in [-0.15, -0.1) is 0 Å². The van der Waals surface area contributed by atoms with Gasteiger partial charge >= 0.3 is 0 Å². The van der Waals surface area contributed by atoms with Crippen molar-refractivity contribution in [2.45, 2.75) is 44.6 Å². The summed E-state index contributed by atoms with van der Waals surface area (Å²) in [5.41, 5.74) is 6.61. The summed E-state index contributed by atoms with van der Waals surface area (Å²) in [5, 5.41) is 0.623. The molecule has 2 rings (SSSR count). The van der Waals surface area contributed by atoms with Gasteiger partial charge in [0.1, 0.15) is 5.82 Å². The molecule has 0 bridgehead atoms. The molecule has 0 saturated heterocycles. The zero-order chi connectivity index (χ0) is 9.97. The average Bonchev–Trinajstić information content (AvgIpc) is 2.61. The molecule has 14 heavy (non-hydrogen) atoms. The van der Waals surface area contributed by atoms with Crippen LogP contribution in [0.5, 0.6) is 0 Å². The van der Waals surface area contributed by atoms with Crippen LogP contribution in [0.2, 0.25) is 5.15 Å². The fourth-order valence-electron chi connectivity index (χ4n) is 2.17. The summed E-state index contributed by atoms with van der Waals surface area (Å²) < 4.78 is 0. The second kappa shape index (κ2) is 4.32. The van der Waals surface area contributed by atoms with E-state index in [1.807, 2.05) is 0 Å². The third-order valence-electron chi connectivity index (χ3n) is 2.94. The van der Waals surface area contributed by atoms with Gasteiger partial charge in [-0.3, -0.25) is 0 Å². The van der Waals surface area contributed by atoms with E-state index in [9.17, 15) is 0 Å². The van der Waals surface area contributed by atoms with Crippen LogP contribution in [0.25, 0.3) is 0 Å². The zero-order valence-corrected chi connectivity index (χ0v) is 8.98. The summed E-state index contributed by atoms with van der Waals surface area (Å²) >= 11 is 6.06. The topological polar surface area (TPSA) is 54.7 Å². The molecule has 1 aromatic heterocycles. The smallest absolute Gasteiger partial charge is 0.150 e. The van der Waals surface area contributed by atoms with Gasteiger partial charge in [0.2, 0.25) is 0 Å². The third-order valence-corrected chi connectivity index (χ3v) is 3.23. The Morgan fingerprint density at radius 2 is 2.07 bits per heavy atom. The van der Waals surface area contributed by atoms with Crippen molar-refractivity contribution in [1.29, 1.82) is 0 Å². The number of nitrogens with zero attached hydrogens (tertiary/aromatic N) is 1. The molecule has 78 valence electrons. The molecule has 0 radical (unpaired) electrons. The minimum absolute atomic E-state index is 0.437. The minimum Gasteiger partial charge on any atom is -0.343 e. The Hall–Kier alpha value is -0.540. The maximum atomic E-state index is 6.06. The Morgan fingerprint density at radius 1 is 1.36 bits per heavy atom. The van der Waals surface area contributed by atoms with Gasteiger partial charge in [-0.25, -0.2) is 4.98 Å². The zero-order valence-electron chi connectivity index (χ0n) is 8.22. The standard InChI is InChI=1S/C10H16ClN3/c11-10-9(13-8(6-12)14-10)7-4-2-1-3-5-7/h7H,1-6,12H2,(H,13,14). The van der Waals surface area contributed by atoms with E-state index in [0.717, 1.165) is 11.5 Å². The highest BCUT2D eigenvalue weighted by Gasteiger charge is 2.20. The molecular weight excluding hydrogens is 198 g/mol. The Bertz CT molecular complexity index is 302. The van der Waals surface area contributed by atoms with Gasteiger partial charge in [-0.1, -0.05) is 30.9 Å².